The average Bonchev–Trinajstić information content (AvgIpc) is 3.14. The molecule has 0 unspecified atom stereocenters. The molecule has 0 amide bonds. The van der Waals surface area contributed by atoms with Gasteiger partial charge in [0.2, 0.25) is 0 Å². The van der Waals surface area contributed by atoms with Crippen molar-refractivity contribution in [3.63, 3.8) is 0 Å². The summed E-state index contributed by atoms with van der Waals surface area (Å²) in [5.41, 5.74) is 0.635. The van der Waals surface area contributed by atoms with Crippen LogP contribution in [0.5, 0.6) is 0 Å². The lowest BCUT2D eigenvalue weighted by atomic mass is 10.0. The van der Waals surface area contributed by atoms with Crippen LogP contribution >= 0.6 is 0 Å². The zero-order valence-corrected chi connectivity index (χ0v) is 9.43. The summed E-state index contributed by atoms with van der Waals surface area (Å²) < 4.78 is 31.4. The molecule has 0 N–H and O–H groups in total. The first-order valence-electron chi connectivity index (χ1n) is 5.31. The minimum atomic E-state index is -0.950. The Morgan fingerprint density at radius 3 is 2.59 bits per heavy atom. The molecule has 0 radical (unpaired) electrons. The zero-order chi connectivity index (χ0) is 12.6. The molecule has 0 saturated heterocycles. The monoisotopic (exact) mass is 238 g/mol. The fourth-order valence-corrected chi connectivity index (χ4v) is 1.72. The Morgan fingerprint density at radius 1 is 1.41 bits per heavy atom. The Balaban J connectivity index is 2.42. The summed E-state index contributed by atoms with van der Waals surface area (Å²) in [7, 11) is 1.22. The summed E-state index contributed by atoms with van der Waals surface area (Å²) in [5.74, 6) is -2.35. The van der Waals surface area contributed by atoms with Crippen molar-refractivity contribution < 1.29 is 18.3 Å². The van der Waals surface area contributed by atoms with E-state index in [4.69, 9.17) is 0 Å². The predicted octanol–water partition coefficient (Wildman–Crippen LogP) is 3.03. The Morgan fingerprint density at radius 2 is 2.06 bits per heavy atom. The number of ether oxygens (including phenoxy) is 1. The first-order valence-corrected chi connectivity index (χ1v) is 5.31. The normalized spacial score (nSPS) is 14.5. The van der Waals surface area contributed by atoms with E-state index in [9.17, 15) is 13.6 Å². The molecule has 0 aromatic heterocycles. The molecule has 17 heavy (non-hydrogen) atoms. The van der Waals surface area contributed by atoms with E-state index in [-0.39, 0.29) is 17.1 Å². The van der Waals surface area contributed by atoms with Gasteiger partial charge in [0.1, 0.15) is 0 Å². The van der Waals surface area contributed by atoms with Crippen LogP contribution in [0.15, 0.2) is 18.7 Å². The Labute approximate surface area is 97.9 Å². The number of esters is 1. The molecule has 1 aromatic rings. The van der Waals surface area contributed by atoms with Gasteiger partial charge in [-0.3, -0.25) is 0 Å². The molecule has 1 aromatic carbocycles. The van der Waals surface area contributed by atoms with E-state index in [0.29, 0.717) is 5.56 Å². The first-order chi connectivity index (χ1) is 8.04. The Hall–Kier alpha value is -1.71. The lowest BCUT2D eigenvalue weighted by Gasteiger charge is -2.08. The molecule has 2 nitrogen and oxygen atoms in total. The van der Waals surface area contributed by atoms with Gasteiger partial charge in [-0.2, -0.15) is 0 Å². The molecule has 0 aliphatic heterocycles. The van der Waals surface area contributed by atoms with Gasteiger partial charge in [0, 0.05) is 0 Å². The van der Waals surface area contributed by atoms with Crippen molar-refractivity contribution in [2.45, 2.75) is 18.8 Å². The van der Waals surface area contributed by atoms with E-state index in [0.717, 1.165) is 18.9 Å². The second-order valence-electron chi connectivity index (χ2n) is 4.11. The maximum Gasteiger partial charge on any atom is 0.337 e. The zero-order valence-electron chi connectivity index (χ0n) is 9.43. The number of hydrogen-bond donors (Lipinski definition) is 0. The molecule has 2 rings (SSSR count). The van der Waals surface area contributed by atoms with Crippen molar-refractivity contribution in [2.24, 2.45) is 0 Å². The molecular formula is C13H12F2O2. The summed E-state index contributed by atoms with van der Waals surface area (Å²) in [6, 6.07) is 2.45. The van der Waals surface area contributed by atoms with E-state index in [1.807, 2.05) is 0 Å². The number of hydrogen-bond acceptors (Lipinski definition) is 2. The maximum atomic E-state index is 13.5. The largest absolute Gasteiger partial charge is 0.465 e. The van der Waals surface area contributed by atoms with Gasteiger partial charge in [-0.05, 0) is 42.0 Å². The van der Waals surface area contributed by atoms with Crippen molar-refractivity contribution in [3.8, 4) is 0 Å². The lowest BCUT2D eigenvalue weighted by molar-refractivity contribution is -0.133. The van der Waals surface area contributed by atoms with Crippen molar-refractivity contribution in [1.82, 2.24) is 0 Å². The predicted molar refractivity (Wildman–Crippen MR) is 59.4 cm³/mol. The second kappa shape index (κ2) is 4.28. The summed E-state index contributed by atoms with van der Waals surface area (Å²) in [6.45, 7) is 3.52. The standard InChI is InChI=1S/C13H12F2O2/c1-7(13(16)17-2)9-5-10(8-3-4-8)12(15)11(14)6-9/h5-6,8H,1,3-4H2,2H3. The highest BCUT2D eigenvalue weighted by atomic mass is 19.2. The lowest BCUT2D eigenvalue weighted by Crippen LogP contribution is -2.04. The minimum absolute atomic E-state index is 0.0355. The van der Waals surface area contributed by atoms with E-state index in [1.54, 1.807) is 0 Å². The van der Waals surface area contributed by atoms with Gasteiger partial charge in [-0.1, -0.05) is 6.58 Å². The average molecular weight is 238 g/mol. The summed E-state index contributed by atoms with van der Waals surface area (Å²) >= 11 is 0. The second-order valence-corrected chi connectivity index (χ2v) is 4.11. The summed E-state index contributed by atoms with van der Waals surface area (Å²) in [6.07, 6.45) is 1.70. The van der Waals surface area contributed by atoms with Gasteiger partial charge in [0.15, 0.2) is 11.6 Å². The van der Waals surface area contributed by atoms with Gasteiger partial charge >= 0.3 is 5.97 Å². The van der Waals surface area contributed by atoms with E-state index in [1.165, 1.54) is 13.2 Å². The van der Waals surface area contributed by atoms with Crippen molar-refractivity contribution in [1.29, 1.82) is 0 Å². The SMILES string of the molecule is C=C(C(=O)OC)c1cc(F)c(F)c(C2CC2)c1. The van der Waals surface area contributed by atoms with Gasteiger partial charge in [-0.15, -0.1) is 0 Å². The summed E-state index contributed by atoms with van der Waals surface area (Å²) in [5, 5.41) is 0. The maximum absolute atomic E-state index is 13.5. The van der Waals surface area contributed by atoms with Crippen LogP contribution in [0.3, 0.4) is 0 Å². The Bertz CT molecular complexity index is 490. The molecule has 0 spiro atoms. The number of benzene rings is 1. The molecule has 1 fully saturated rings. The third-order valence-corrected chi connectivity index (χ3v) is 2.85. The molecular weight excluding hydrogens is 226 g/mol. The molecule has 0 heterocycles. The van der Waals surface area contributed by atoms with E-state index in [2.05, 4.69) is 11.3 Å². The number of carbonyl (C=O) groups excluding carboxylic acids is 1. The molecule has 0 bridgehead atoms. The van der Waals surface area contributed by atoms with Crippen LogP contribution in [0, 0.1) is 11.6 Å². The van der Waals surface area contributed by atoms with Crippen LogP contribution in [-0.4, -0.2) is 13.1 Å². The highest BCUT2D eigenvalue weighted by Crippen LogP contribution is 2.42. The van der Waals surface area contributed by atoms with E-state index < -0.39 is 17.6 Å². The van der Waals surface area contributed by atoms with Crippen molar-refractivity contribution >= 4 is 11.5 Å². The van der Waals surface area contributed by atoms with Gasteiger partial charge in [-0.25, -0.2) is 13.6 Å². The fraction of sp³-hybridized carbons (Fsp3) is 0.308. The topological polar surface area (TPSA) is 26.3 Å². The third-order valence-electron chi connectivity index (χ3n) is 2.85. The molecule has 90 valence electrons. The van der Waals surface area contributed by atoms with Crippen LogP contribution in [0.2, 0.25) is 0 Å². The number of carbonyl (C=O) groups is 1. The van der Waals surface area contributed by atoms with Crippen LogP contribution in [-0.2, 0) is 9.53 Å². The van der Waals surface area contributed by atoms with Crippen LogP contribution in [0.4, 0.5) is 8.78 Å². The van der Waals surface area contributed by atoms with Gasteiger partial charge in [0.25, 0.3) is 0 Å². The molecule has 0 atom stereocenters. The summed E-state index contributed by atoms with van der Waals surface area (Å²) in [4.78, 5) is 11.3. The molecule has 1 aliphatic carbocycles. The molecule has 4 heteroatoms. The first kappa shape index (κ1) is 11.8. The van der Waals surface area contributed by atoms with Crippen LogP contribution < -0.4 is 0 Å². The highest BCUT2D eigenvalue weighted by molar-refractivity contribution is 6.15. The van der Waals surface area contributed by atoms with Crippen molar-refractivity contribution in [2.75, 3.05) is 7.11 Å². The van der Waals surface area contributed by atoms with Crippen molar-refractivity contribution in [3.05, 3.63) is 41.5 Å². The van der Waals surface area contributed by atoms with Gasteiger partial charge in [0.05, 0.1) is 12.7 Å². The number of halogens is 2. The van der Waals surface area contributed by atoms with Gasteiger partial charge < -0.3 is 4.74 Å². The minimum Gasteiger partial charge on any atom is -0.465 e. The highest BCUT2D eigenvalue weighted by Gasteiger charge is 2.29. The number of rotatable bonds is 3. The number of methoxy groups -OCH3 is 1. The van der Waals surface area contributed by atoms with E-state index >= 15 is 0 Å². The fourth-order valence-electron chi connectivity index (χ4n) is 1.72. The third kappa shape index (κ3) is 2.20. The smallest absolute Gasteiger partial charge is 0.337 e. The quantitative estimate of drug-likeness (QED) is 0.597. The molecule has 1 saturated carbocycles. The van der Waals surface area contributed by atoms with Crippen LogP contribution in [0.1, 0.15) is 29.9 Å². The molecule has 1 aliphatic rings. The van der Waals surface area contributed by atoms with Crippen LogP contribution in [0.25, 0.3) is 5.57 Å². The Kier molecular flexibility index (Phi) is 2.96.